The average Bonchev–Trinajstić information content (AvgIpc) is 3.04. The average molecular weight is 310 g/mol. The molecule has 1 aromatic carbocycles. The zero-order valence-corrected chi connectivity index (χ0v) is 13.4. The van der Waals surface area contributed by atoms with Crippen molar-refractivity contribution in [1.82, 2.24) is 9.78 Å². The zero-order valence-electron chi connectivity index (χ0n) is 13.4. The number of methoxy groups -OCH3 is 2. The Morgan fingerprint density at radius 2 is 2.04 bits per heavy atom. The molecule has 0 aliphatic carbocycles. The molecular weight excluding hydrogens is 292 g/mol. The Kier molecular flexibility index (Phi) is 4.02. The maximum Gasteiger partial charge on any atom is 0.338 e. The number of nitrogens with zero attached hydrogens (tertiary/aromatic N) is 2. The number of allylic oxidation sites excluding steroid dienone is 1. The molecule has 0 saturated carbocycles. The third-order valence-electron chi connectivity index (χ3n) is 3.98. The lowest BCUT2D eigenvalue weighted by atomic mass is 9.93. The maximum atomic E-state index is 12.3. The van der Waals surface area contributed by atoms with Crippen LogP contribution in [0.15, 0.2) is 47.7 Å². The van der Waals surface area contributed by atoms with Gasteiger partial charge in [0, 0.05) is 11.8 Å². The van der Waals surface area contributed by atoms with Crippen LogP contribution in [0.3, 0.4) is 0 Å². The number of rotatable bonds is 3. The minimum absolute atomic E-state index is 0.337. The summed E-state index contributed by atoms with van der Waals surface area (Å²) in [4.78, 5) is 12.3. The van der Waals surface area contributed by atoms with Crippen LogP contribution in [0.25, 0.3) is 11.6 Å². The van der Waals surface area contributed by atoms with Crippen LogP contribution in [0.2, 0.25) is 0 Å². The Morgan fingerprint density at radius 1 is 1.26 bits per heavy atom. The van der Waals surface area contributed by atoms with Crippen molar-refractivity contribution in [2.45, 2.75) is 13.5 Å². The third-order valence-corrected chi connectivity index (χ3v) is 3.98. The monoisotopic (exact) mass is 310 g/mol. The van der Waals surface area contributed by atoms with Crippen LogP contribution >= 0.6 is 0 Å². The van der Waals surface area contributed by atoms with Crippen LogP contribution in [0.5, 0.6) is 5.75 Å². The number of esters is 1. The molecule has 23 heavy (non-hydrogen) atoms. The van der Waals surface area contributed by atoms with Crippen molar-refractivity contribution in [2.24, 2.45) is 0 Å². The van der Waals surface area contributed by atoms with Gasteiger partial charge in [-0.1, -0.05) is 18.2 Å². The number of aromatic nitrogens is 2. The Balaban J connectivity index is 2.16. The van der Waals surface area contributed by atoms with E-state index in [1.54, 1.807) is 13.3 Å². The van der Waals surface area contributed by atoms with E-state index in [-0.39, 0.29) is 5.97 Å². The molecule has 1 aliphatic heterocycles. The molecule has 1 aromatic heterocycles. The van der Waals surface area contributed by atoms with E-state index in [2.05, 4.69) is 5.10 Å². The number of ether oxygens (including phenoxy) is 2. The molecule has 5 nitrogen and oxygen atoms in total. The van der Waals surface area contributed by atoms with E-state index < -0.39 is 0 Å². The van der Waals surface area contributed by atoms with E-state index in [1.807, 2.05) is 48.0 Å². The van der Waals surface area contributed by atoms with E-state index in [4.69, 9.17) is 9.47 Å². The quantitative estimate of drug-likeness (QED) is 0.818. The molecule has 5 heteroatoms. The molecule has 2 aromatic rings. The van der Waals surface area contributed by atoms with Crippen LogP contribution in [-0.2, 0) is 16.1 Å². The minimum atomic E-state index is -0.337. The number of carbonyl (C=O) groups is 1. The van der Waals surface area contributed by atoms with Gasteiger partial charge in [0.25, 0.3) is 0 Å². The van der Waals surface area contributed by atoms with E-state index in [0.29, 0.717) is 12.1 Å². The molecule has 1 aliphatic rings. The second-order valence-electron chi connectivity index (χ2n) is 5.28. The Bertz CT molecular complexity index is 815. The molecule has 2 heterocycles. The summed E-state index contributed by atoms with van der Waals surface area (Å²) in [5, 5.41) is 4.32. The molecule has 0 atom stereocenters. The molecule has 118 valence electrons. The number of carbonyl (C=O) groups excluding carboxylic acids is 1. The molecule has 0 unspecified atom stereocenters. The number of fused-ring (bicyclic) bond motifs is 1. The number of hydrogen-bond acceptors (Lipinski definition) is 4. The molecule has 3 rings (SSSR count). The van der Waals surface area contributed by atoms with Crippen molar-refractivity contribution in [2.75, 3.05) is 14.2 Å². The van der Waals surface area contributed by atoms with Crippen LogP contribution in [0.1, 0.15) is 18.2 Å². The van der Waals surface area contributed by atoms with Crippen molar-refractivity contribution < 1.29 is 14.3 Å². The van der Waals surface area contributed by atoms with Gasteiger partial charge in [0.2, 0.25) is 0 Å². The van der Waals surface area contributed by atoms with Crippen molar-refractivity contribution in [3.05, 3.63) is 58.9 Å². The lowest BCUT2D eigenvalue weighted by Gasteiger charge is -2.21. The first-order valence-electron chi connectivity index (χ1n) is 7.31. The summed E-state index contributed by atoms with van der Waals surface area (Å²) in [6.45, 7) is 2.43. The van der Waals surface area contributed by atoms with E-state index in [9.17, 15) is 4.79 Å². The van der Waals surface area contributed by atoms with Crippen molar-refractivity contribution in [3.8, 4) is 5.75 Å². The van der Waals surface area contributed by atoms with Gasteiger partial charge in [-0.05, 0) is 36.3 Å². The van der Waals surface area contributed by atoms with Gasteiger partial charge in [0.1, 0.15) is 5.75 Å². The van der Waals surface area contributed by atoms with Crippen molar-refractivity contribution in [1.29, 1.82) is 0 Å². The van der Waals surface area contributed by atoms with E-state index >= 15 is 0 Å². The molecule has 0 bridgehead atoms. The fourth-order valence-corrected chi connectivity index (χ4v) is 2.86. The van der Waals surface area contributed by atoms with Gasteiger partial charge in [-0.3, -0.25) is 4.68 Å². The lowest BCUT2D eigenvalue weighted by molar-refractivity contribution is -0.135. The van der Waals surface area contributed by atoms with Crippen molar-refractivity contribution in [3.63, 3.8) is 0 Å². The Labute approximate surface area is 134 Å². The van der Waals surface area contributed by atoms with Gasteiger partial charge in [0.05, 0.1) is 32.0 Å². The second kappa shape index (κ2) is 6.12. The summed E-state index contributed by atoms with van der Waals surface area (Å²) in [6, 6.07) is 9.59. The largest absolute Gasteiger partial charge is 0.496 e. The van der Waals surface area contributed by atoms with E-state index in [1.165, 1.54) is 7.11 Å². The van der Waals surface area contributed by atoms with Gasteiger partial charge in [-0.25, -0.2) is 4.79 Å². The summed E-state index contributed by atoms with van der Waals surface area (Å²) in [7, 11) is 3.03. The number of benzene rings is 1. The molecule has 0 N–H and O–H groups in total. The normalized spacial score (nSPS) is 15.5. The lowest BCUT2D eigenvalue weighted by Crippen LogP contribution is -2.20. The summed E-state index contributed by atoms with van der Waals surface area (Å²) in [5.74, 6) is 0.421. The summed E-state index contributed by atoms with van der Waals surface area (Å²) in [6.07, 6.45) is 3.69. The zero-order chi connectivity index (χ0) is 16.4. The summed E-state index contributed by atoms with van der Waals surface area (Å²) >= 11 is 0. The highest BCUT2D eigenvalue weighted by atomic mass is 16.5. The second-order valence-corrected chi connectivity index (χ2v) is 5.28. The fraction of sp³-hybridized carbons (Fsp3) is 0.222. The smallest absolute Gasteiger partial charge is 0.338 e. The first kappa shape index (κ1) is 15.1. The fourth-order valence-electron chi connectivity index (χ4n) is 2.86. The van der Waals surface area contributed by atoms with Gasteiger partial charge in [0.15, 0.2) is 0 Å². The third kappa shape index (κ3) is 2.65. The molecule has 0 spiro atoms. The molecule has 0 fully saturated rings. The van der Waals surface area contributed by atoms with Gasteiger partial charge < -0.3 is 9.47 Å². The first-order chi connectivity index (χ1) is 11.2. The molecule has 0 amide bonds. The Morgan fingerprint density at radius 3 is 2.78 bits per heavy atom. The van der Waals surface area contributed by atoms with Crippen LogP contribution in [0, 0.1) is 0 Å². The molecule has 0 radical (unpaired) electrons. The van der Waals surface area contributed by atoms with Gasteiger partial charge >= 0.3 is 5.97 Å². The van der Waals surface area contributed by atoms with Crippen LogP contribution in [-0.4, -0.2) is 30.0 Å². The standard InChI is InChI=1S/C18H18N2O3/c1-12-15-8-9-19-20(15)11-14(17(12)18(21)23-3)10-13-6-4-5-7-16(13)22-2/h4-10H,11H2,1-3H3/b14-10-. The summed E-state index contributed by atoms with van der Waals surface area (Å²) < 4.78 is 12.2. The first-order valence-corrected chi connectivity index (χ1v) is 7.31. The van der Waals surface area contributed by atoms with Gasteiger partial charge in [-0.2, -0.15) is 5.10 Å². The SMILES string of the molecule is COC(=O)C1=C(C)c2ccnn2C/C1=C/c1ccccc1OC. The highest BCUT2D eigenvalue weighted by Crippen LogP contribution is 2.33. The van der Waals surface area contributed by atoms with Crippen LogP contribution < -0.4 is 4.74 Å². The number of hydrogen-bond donors (Lipinski definition) is 0. The Hall–Kier alpha value is -2.82. The van der Waals surface area contributed by atoms with Gasteiger partial charge in [-0.15, -0.1) is 0 Å². The highest BCUT2D eigenvalue weighted by Gasteiger charge is 2.26. The van der Waals surface area contributed by atoms with Crippen LogP contribution in [0.4, 0.5) is 0 Å². The van der Waals surface area contributed by atoms with Crippen molar-refractivity contribution >= 4 is 17.6 Å². The predicted octanol–water partition coefficient (Wildman–Crippen LogP) is 2.94. The predicted molar refractivity (Wildman–Crippen MR) is 87.8 cm³/mol. The summed E-state index contributed by atoms with van der Waals surface area (Å²) in [5.41, 5.74) is 4.15. The topological polar surface area (TPSA) is 53.3 Å². The minimum Gasteiger partial charge on any atom is -0.496 e. The highest BCUT2D eigenvalue weighted by molar-refractivity contribution is 6.03. The molecule has 0 saturated heterocycles. The van der Waals surface area contributed by atoms with E-state index in [0.717, 1.165) is 28.2 Å². The maximum absolute atomic E-state index is 12.3. The number of para-hydroxylation sites is 1. The molecular formula is C18H18N2O3.